The Labute approximate surface area is 178 Å². The summed E-state index contributed by atoms with van der Waals surface area (Å²) in [6, 6.07) is 0. The maximum absolute atomic E-state index is 13.1. The number of rotatable bonds is 2. The third-order valence-electron chi connectivity index (χ3n) is 7.20. The summed E-state index contributed by atoms with van der Waals surface area (Å²) in [7, 11) is 0. The van der Waals surface area contributed by atoms with E-state index in [0.29, 0.717) is 17.7 Å². The van der Waals surface area contributed by atoms with Crippen LogP contribution in [0.15, 0.2) is 6.33 Å². The number of hydrogen-bond acceptors (Lipinski definition) is 5. The van der Waals surface area contributed by atoms with Gasteiger partial charge in [-0.15, -0.1) is 0 Å². The van der Waals surface area contributed by atoms with Gasteiger partial charge in [0.1, 0.15) is 12.2 Å². The lowest BCUT2D eigenvalue weighted by atomic mass is 9.89. The number of aryl methyl sites for hydroxylation is 2. The minimum absolute atomic E-state index is 0.148. The Morgan fingerprint density at radius 2 is 1.77 bits per heavy atom. The predicted molar refractivity (Wildman–Crippen MR) is 117 cm³/mol. The second-order valence-electron chi connectivity index (χ2n) is 9.81. The van der Waals surface area contributed by atoms with E-state index in [9.17, 15) is 4.79 Å². The van der Waals surface area contributed by atoms with Crippen molar-refractivity contribution in [2.45, 2.75) is 65.3 Å². The highest BCUT2D eigenvalue weighted by Gasteiger charge is 2.33. The smallest absolute Gasteiger partial charge is 0.225 e. The molecule has 2 fully saturated rings. The van der Waals surface area contributed by atoms with Crippen LogP contribution in [0.1, 0.15) is 58.2 Å². The van der Waals surface area contributed by atoms with Crippen molar-refractivity contribution < 1.29 is 4.79 Å². The van der Waals surface area contributed by atoms with Gasteiger partial charge in [0.2, 0.25) is 5.91 Å². The molecule has 2 aromatic heterocycles. The van der Waals surface area contributed by atoms with E-state index in [0.717, 1.165) is 74.8 Å². The second-order valence-corrected chi connectivity index (χ2v) is 9.81. The summed E-state index contributed by atoms with van der Waals surface area (Å²) in [5, 5.41) is 0. The van der Waals surface area contributed by atoms with E-state index in [2.05, 4.69) is 38.2 Å². The number of amides is 1. The van der Waals surface area contributed by atoms with Gasteiger partial charge in [-0.25, -0.2) is 15.0 Å². The monoisotopic (exact) mass is 410 g/mol. The first-order chi connectivity index (χ1) is 14.6. The molecule has 0 bridgehead atoms. The molecule has 5 rings (SSSR count). The molecule has 0 aromatic carbocycles. The van der Waals surface area contributed by atoms with Crippen molar-refractivity contribution in [3.05, 3.63) is 12.2 Å². The highest BCUT2D eigenvalue weighted by Crippen LogP contribution is 2.31. The van der Waals surface area contributed by atoms with Crippen LogP contribution in [-0.4, -0.2) is 56.5 Å². The normalized spacial score (nSPS) is 25.9. The molecule has 0 radical (unpaired) electrons. The van der Waals surface area contributed by atoms with E-state index < -0.39 is 0 Å². The number of carbonyl (C=O) groups excluding carboxylic acids is 1. The summed E-state index contributed by atoms with van der Waals surface area (Å²) >= 11 is 0. The van der Waals surface area contributed by atoms with Crippen molar-refractivity contribution in [3.63, 3.8) is 0 Å². The van der Waals surface area contributed by atoms with Crippen LogP contribution in [0, 0.1) is 17.8 Å². The summed E-state index contributed by atoms with van der Waals surface area (Å²) < 4.78 is 2.29. The Bertz CT molecular complexity index is 906. The van der Waals surface area contributed by atoms with Crippen molar-refractivity contribution in [2.24, 2.45) is 17.8 Å². The van der Waals surface area contributed by atoms with Crippen LogP contribution in [0.25, 0.3) is 11.2 Å². The largest absolute Gasteiger partial charge is 0.355 e. The standard InChI is InChI=1S/C23H34N6O/c1-16-12-17(2)14-28(13-16)23(30)18-7-10-27(11-8-18)21-20-22(25-15-24-21)29-9-5-3-4-6-19(29)26-20/h15-18H,3-14H2,1-2H3/t16-,17+. The first kappa shape index (κ1) is 19.8. The number of anilines is 1. The van der Waals surface area contributed by atoms with Crippen LogP contribution in [-0.2, 0) is 17.8 Å². The van der Waals surface area contributed by atoms with E-state index in [1.165, 1.54) is 25.7 Å². The number of aromatic nitrogens is 4. The predicted octanol–water partition coefficient (Wildman–Crippen LogP) is 3.27. The van der Waals surface area contributed by atoms with Crippen LogP contribution in [0.3, 0.4) is 0 Å². The quantitative estimate of drug-likeness (QED) is 0.760. The highest BCUT2D eigenvalue weighted by molar-refractivity contribution is 5.84. The SMILES string of the molecule is C[C@@H]1C[C@H](C)CN(C(=O)C2CCN(c3ncnc4c3nc3n4CCCCC3)CC2)C1. The van der Waals surface area contributed by atoms with Gasteiger partial charge in [0.15, 0.2) is 17.0 Å². The fourth-order valence-corrected chi connectivity index (χ4v) is 5.80. The topological polar surface area (TPSA) is 67.2 Å². The van der Waals surface area contributed by atoms with Gasteiger partial charge in [-0.1, -0.05) is 20.3 Å². The summed E-state index contributed by atoms with van der Waals surface area (Å²) in [5.74, 6) is 3.85. The Balaban J connectivity index is 1.30. The molecule has 0 aliphatic carbocycles. The van der Waals surface area contributed by atoms with E-state index in [4.69, 9.17) is 4.98 Å². The maximum atomic E-state index is 13.1. The number of nitrogens with zero attached hydrogens (tertiary/aromatic N) is 6. The molecule has 3 aliphatic heterocycles. The summed E-state index contributed by atoms with van der Waals surface area (Å²) in [6.45, 7) is 9.13. The third kappa shape index (κ3) is 3.67. The van der Waals surface area contributed by atoms with Gasteiger partial charge in [-0.2, -0.15) is 0 Å². The van der Waals surface area contributed by atoms with Gasteiger partial charge in [-0.3, -0.25) is 4.79 Å². The van der Waals surface area contributed by atoms with Gasteiger partial charge in [0.05, 0.1) is 0 Å². The van der Waals surface area contributed by atoms with Crippen molar-refractivity contribution in [3.8, 4) is 0 Å². The minimum atomic E-state index is 0.148. The van der Waals surface area contributed by atoms with Gasteiger partial charge >= 0.3 is 0 Å². The number of fused-ring (bicyclic) bond motifs is 3. The van der Waals surface area contributed by atoms with Crippen molar-refractivity contribution in [2.75, 3.05) is 31.1 Å². The van der Waals surface area contributed by atoms with Gasteiger partial charge in [0.25, 0.3) is 0 Å². The molecule has 0 saturated carbocycles. The van der Waals surface area contributed by atoms with E-state index in [-0.39, 0.29) is 5.92 Å². The zero-order valence-corrected chi connectivity index (χ0v) is 18.4. The second kappa shape index (κ2) is 8.16. The molecule has 2 saturated heterocycles. The fraction of sp³-hybridized carbons (Fsp3) is 0.739. The Morgan fingerprint density at radius 3 is 2.53 bits per heavy atom. The molecule has 30 heavy (non-hydrogen) atoms. The number of piperidine rings is 2. The molecule has 5 heterocycles. The maximum Gasteiger partial charge on any atom is 0.225 e. The molecule has 2 aromatic rings. The Kier molecular flexibility index (Phi) is 5.37. The summed E-state index contributed by atoms with van der Waals surface area (Å²) in [5.41, 5.74) is 1.92. The number of likely N-dealkylation sites (tertiary alicyclic amines) is 1. The molecule has 0 unspecified atom stereocenters. The van der Waals surface area contributed by atoms with Crippen LogP contribution in [0.2, 0.25) is 0 Å². The lowest BCUT2D eigenvalue weighted by Gasteiger charge is -2.39. The number of hydrogen-bond donors (Lipinski definition) is 0. The first-order valence-corrected chi connectivity index (χ1v) is 11.8. The molecule has 7 heteroatoms. The Morgan fingerprint density at radius 1 is 1.00 bits per heavy atom. The minimum Gasteiger partial charge on any atom is -0.355 e. The Hall–Kier alpha value is -2.18. The van der Waals surface area contributed by atoms with Gasteiger partial charge in [0, 0.05) is 45.1 Å². The zero-order valence-electron chi connectivity index (χ0n) is 18.4. The van der Waals surface area contributed by atoms with Crippen LogP contribution in [0.4, 0.5) is 5.82 Å². The number of imidazole rings is 1. The molecular weight excluding hydrogens is 376 g/mol. The van der Waals surface area contributed by atoms with E-state index in [1.54, 1.807) is 6.33 Å². The van der Waals surface area contributed by atoms with Crippen molar-refractivity contribution in [1.29, 1.82) is 0 Å². The van der Waals surface area contributed by atoms with E-state index in [1.807, 2.05) is 0 Å². The lowest BCUT2D eigenvalue weighted by molar-refractivity contribution is -0.138. The average Bonchev–Trinajstić information content (AvgIpc) is 2.94. The summed E-state index contributed by atoms with van der Waals surface area (Å²) in [6.07, 6.45) is 9.41. The molecular formula is C23H34N6O. The lowest BCUT2D eigenvalue weighted by Crippen LogP contribution is -2.48. The average molecular weight is 411 g/mol. The molecule has 2 atom stereocenters. The zero-order chi connectivity index (χ0) is 20.7. The van der Waals surface area contributed by atoms with Crippen LogP contribution >= 0.6 is 0 Å². The van der Waals surface area contributed by atoms with Crippen LogP contribution in [0.5, 0.6) is 0 Å². The molecule has 7 nitrogen and oxygen atoms in total. The van der Waals surface area contributed by atoms with Crippen molar-refractivity contribution >= 4 is 22.9 Å². The third-order valence-corrected chi connectivity index (χ3v) is 7.20. The van der Waals surface area contributed by atoms with E-state index >= 15 is 0 Å². The fourth-order valence-electron chi connectivity index (χ4n) is 5.80. The molecule has 162 valence electrons. The first-order valence-electron chi connectivity index (χ1n) is 11.8. The molecule has 3 aliphatic rings. The molecule has 0 N–H and O–H groups in total. The summed E-state index contributed by atoms with van der Waals surface area (Å²) in [4.78, 5) is 31.7. The highest BCUT2D eigenvalue weighted by atomic mass is 16.2. The molecule has 1 amide bonds. The number of carbonyl (C=O) groups is 1. The van der Waals surface area contributed by atoms with Crippen LogP contribution < -0.4 is 4.90 Å². The molecule has 0 spiro atoms. The van der Waals surface area contributed by atoms with Crippen molar-refractivity contribution in [1.82, 2.24) is 24.4 Å². The van der Waals surface area contributed by atoms with Gasteiger partial charge in [-0.05, 0) is 43.9 Å². The van der Waals surface area contributed by atoms with Gasteiger partial charge < -0.3 is 14.4 Å².